The number of quaternary nitrogens is 1. The third-order valence-electron chi connectivity index (χ3n) is 3.03. The molecular weight excluding hydrogens is 180 g/mol. The van der Waals surface area contributed by atoms with Gasteiger partial charge in [-0.05, 0) is 11.4 Å². The molecule has 13 heavy (non-hydrogen) atoms. The summed E-state index contributed by atoms with van der Waals surface area (Å²) in [6.45, 7) is 2.39. The van der Waals surface area contributed by atoms with E-state index in [9.17, 15) is 0 Å². The molecule has 0 radical (unpaired) electrons. The van der Waals surface area contributed by atoms with Crippen molar-refractivity contribution >= 4 is 16.3 Å². The van der Waals surface area contributed by atoms with Gasteiger partial charge in [0.1, 0.15) is 0 Å². The van der Waals surface area contributed by atoms with Gasteiger partial charge in [-0.3, -0.25) is 4.48 Å². The van der Waals surface area contributed by atoms with Gasteiger partial charge in [-0.15, -0.1) is 0 Å². The van der Waals surface area contributed by atoms with Crippen LogP contribution in [0.15, 0.2) is 17.5 Å². The Morgan fingerprint density at radius 3 is 2.69 bits per heavy atom. The minimum atomic E-state index is 0.436. The van der Waals surface area contributed by atoms with Gasteiger partial charge in [-0.2, -0.15) is 0 Å². The van der Waals surface area contributed by atoms with E-state index in [-0.39, 0.29) is 0 Å². The van der Waals surface area contributed by atoms with Crippen LogP contribution in [0.25, 0.3) is 0 Å². The topological polar surface area (TPSA) is 26.0 Å². The van der Waals surface area contributed by atoms with Crippen molar-refractivity contribution in [3.8, 4) is 0 Å². The van der Waals surface area contributed by atoms with Crippen molar-refractivity contribution < 1.29 is 0 Å². The highest BCUT2D eigenvalue weighted by Gasteiger charge is 2.31. The Balaban J connectivity index is 2.13. The Morgan fingerprint density at radius 1 is 1.46 bits per heavy atom. The van der Waals surface area contributed by atoms with Gasteiger partial charge in [0.25, 0.3) is 0 Å². The molecular formula is C10H17N2S+. The molecule has 0 saturated carbocycles. The standard InChI is InChI=1S/C10H17N2S/c1-12(10-3-2-8-13-10)6-4-9(11)5-7-12/h2-3,8-9H,4-7,11H2,1H3/q+1. The number of hydrogen-bond acceptors (Lipinski definition) is 2. The van der Waals surface area contributed by atoms with Gasteiger partial charge < -0.3 is 5.73 Å². The van der Waals surface area contributed by atoms with Crippen LogP contribution in [0.5, 0.6) is 0 Å². The highest BCUT2D eigenvalue weighted by Crippen LogP contribution is 2.30. The zero-order valence-corrected chi connectivity index (χ0v) is 8.89. The molecule has 2 rings (SSSR count). The summed E-state index contributed by atoms with van der Waals surface area (Å²) in [5.74, 6) is 0. The van der Waals surface area contributed by atoms with Gasteiger partial charge in [0.2, 0.25) is 0 Å². The van der Waals surface area contributed by atoms with Crippen LogP contribution in [0.3, 0.4) is 0 Å². The molecule has 0 bridgehead atoms. The van der Waals surface area contributed by atoms with Gasteiger partial charge in [-0.25, -0.2) is 0 Å². The van der Waals surface area contributed by atoms with Crippen LogP contribution in [0.2, 0.25) is 0 Å². The molecule has 2 nitrogen and oxygen atoms in total. The normalized spacial score (nSPS) is 34.8. The van der Waals surface area contributed by atoms with Crippen LogP contribution in [0.1, 0.15) is 12.8 Å². The Bertz CT molecular complexity index is 260. The molecule has 2 heterocycles. The second-order valence-corrected chi connectivity index (χ2v) is 5.06. The first-order valence-corrected chi connectivity index (χ1v) is 5.73. The lowest BCUT2D eigenvalue weighted by atomic mass is 10.0. The van der Waals surface area contributed by atoms with Crippen molar-refractivity contribution in [3.63, 3.8) is 0 Å². The van der Waals surface area contributed by atoms with Gasteiger partial charge in [0, 0.05) is 24.9 Å². The van der Waals surface area contributed by atoms with E-state index in [4.69, 9.17) is 5.73 Å². The molecule has 1 aromatic heterocycles. The fourth-order valence-corrected chi connectivity index (χ4v) is 2.85. The maximum atomic E-state index is 5.90. The number of nitrogens with two attached hydrogens (primary N) is 1. The number of piperidine rings is 1. The molecule has 3 heteroatoms. The van der Waals surface area contributed by atoms with Gasteiger partial charge in [-0.1, -0.05) is 11.3 Å². The average molecular weight is 197 g/mol. The molecule has 0 unspecified atom stereocenters. The number of thiophene rings is 1. The van der Waals surface area contributed by atoms with Crippen LogP contribution >= 0.6 is 11.3 Å². The van der Waals surface area contributed by atoms with Crippen molar-refractivity contribution in [3.05, 3.63) is 17.5 Å². The smallest absolute Gasteiger partial charge is 0.187 e. The lowest BCUT2D eigenvalue weighted by Crippen LogP contribution is -2.53. The minimum absolute atomic E-state index is 0.436. The fraction of sp³-hybridized carbons (Fsp3) is 0.600. The summed E-state index contributed by atoms with van der Waals surface area (Å²) in [5, 5.41) is 3.64. The first-order valence-electron chi connectivity index (χ1n) is 4.85. The summed E-state index contributed by atoms with van der Waals surface area (Å²) < 4.78 is 1.09. The fourth-order valence-electron chi connectivity index (χ4n) is 1.96. The van der Waals surface area contributed by atoms with Crippen LogP contribution in [0, 0.1) is 0 Å². The molecule has 1 aliphatic rings. The van der Waals surface area contributed by atoms with Gasteiger partial charge in [0.05, 0.1) is 20.1 Å². The largest absolute Gasteiger partial charge is 0.327 e. The molecule has 0 spiro atoms. The Hall–Kier alpha value is -0.380. The third-order valence-corrected chi connectivity index (χ3v) is 4.14. The lowest BCUT2D eigenvalue weighted by molar-refractivity contribution is 0.259. The van der Waals surface area contributed by atoms with Gasteiger partial charge >= 0.3 is 0 Å². The predicted molar refractivity (Wildman–Crippen MR) is 59.0 cm³/mol. The van der Waals surface area contributed by atoms with Crippen molar-refractivity contribution in [1.29, 1.82) is 0 Å². The lowest BCUT2D eigenvalue weighted by Gasteiger charge is -2.37. The van der Waals surface area contributed by atoms with E-state index in [0.717, 1.165) is 17.3 Å². The second-order valence-electron chi connectivity index (χ2n) is 4.13. The van der Waals surface area contributed by atoms with E-state index in [2.05, 4.69) is 24.6 Å². The first kappa shape index (κ1) is 9.19. The molecule has 1 saturated heterocycles. The zero-order chi connectivity index (χ0) is 9.31. The highest BCUT2D eigenvalue weighted by atomic mass is 32.1. The van der Waals surface area contributed by atoms with Crippen molar-refractivity contribution in [2.24, 2.45) is 5.73 Å². The maximum Gasteiger partial charge on any atom is 0.187 e. The van der Waals surface area contributed by atoms with E-state index in [1.807, 2.05) is 11.3 Å². The average Bonchev–Trinajstić information content (AvgIpc) is 2.63. The Kier molecular flexibility index (Phi) is 2.41. The third kappa shape index (κ3) is 1.77. The highest BCUT2D eigenvalue weighted by molar-refractivity contribution is 7.13. The van der Waals surface area contributed by atoms with E-state index >= 15 is 0 Å². The molecule has 2 N–H and O–H groups in total. The summed E-state index contributed by atoms with van der Waals surface area (Å²) in [6, 6.07) is 4.81. The number of likely N-dealkylation sites (tertiary alicyclic amines) is 1. The van der Waals surface area contributed by atoms with E-state index < -0.39 is 0 Å². The maximum absolute atomic E-state index is 5.90. The summed E-state index contributed by atoms with van der Waals surface area (Å²) in [4.78, 5) is 0. The van der Waals surface area contributed by atoms with Crippen LogP contribution in [-0.2, 0) is 0 Å². The molecule has 0 aromatic carbocycles. The van der Waals surface area contributed by atoms with Crippen LogP contribution in [0.4, 0.5) is 5.00 Å². The van der Waals surface area contributed by atoms with Crippen molar-refractivity contribution in [1.82, 2.24) is 4.48 Å². The predicted octanol–water partition coefficient (Wildman–Crippen LogP) is 1.81. The SMILES string of the molecule is C[N+]1(c2cccs2)CCC(N)CC1. The number of nitrogens with zero attached hydrogens (tertiary/aromatic N) is 1. The molecule has 0 amide bonds. The monoisotopic (exact) mass is 197 g/mol. The quantitative estimate of drug-likeness (QED) is 0.683. The molecule has 1 aromatic rings. The first-order chi connectivity index (χ1) is 6.21. The van der Waals surface area contributed by atoms with Crippen molar-refractivity contribution in [2.45, 2.75) is 18.9 Å². The Labute approximate surface area is 83.6 Å². The number of rotatable bonds is 1. The van der Waals surface area contributed by atoms with Crippen LogP contribution in [-0.4, -0.2) is 26.2 Å². The molecule has 0 atom stereocenters. The van der Waals surface area contributed by atoms with E-state index in [1.165, 1.54) is 18.1 Å². The minimum Gasteiger partial charge on any atom is -0.327 e. The van der Waals surface area contributed by atoms with Crippen LogP contribution < -0.4 is 10.2 Å². The summed E-state index contributed by atoms with van der Waals surface area (Å²) in [7, 11) is 2.32. The second kappa shape index (κ2) is 3.40. The Morgan fingerprint density at radius 2 is 2.15 bits per heavy atom. The molecule has 0 aliphatic carbocycles. The summed E-state index contributed by atoms with van der Waals surface area (Å²) >= 11 is 1.86. The molecule has 1 fully saturated rings. The van der Waals surface area contributed by atoms with Gasteiger partial charge in [0.15, 0.2) is 5.00 Å². The number of hydrogen-bond donors (Lipinski definition) is 1. The van der Waals surface area contributed by atoms with E-state index in [0.29, 0.717) is 6.04 Å². The van der Waals surface area contributed by atoms with E-state index in [1.54, 1.807) is 0 Å². The zero-order valence-electron chi connectivity index (χ0n) is 8.07. The van der Waals surface area contributed by atoms with Crippen molar-refractivity contribution in [2.75, 3.05) is 20.1 Å². The molecule has 1 aliphatic heterocycles. The summed E-state index contributed by atoms with van der Waals surface area (Å²) in [5.41, 5.74) is 5.90. The summed E-state index contributed by atoms with van der Waals surface area (Å²) in [6.07, 6.45) is 2.32. The molecule has 72 valence electrons.